The van der Waals surface area contributed by atoms with Crippen molar-refractivity contribution in [1.82, 2.24) is 0 Å². The van der Waals surface area contributed by atoms with Gasteiger partial charge in [0.2, 0.25) is 0 Å². The number of unbranched alkanes of at least 4 members (excludes halogenated alkanes) is 1. The van der Waals surface area contributed by atoms with E-state index in [2.05, 4.69) is 48.5 Å². The second-order valence-electron chi connectivity index (χ2n) is 32.6. The van der Waals surface area contributed by atoms with Crippen molar-refractivity contribution < 1.29 is 79.7 Å². The van der Waals surface area contributed by atoms with Gasteiger partial charge >= 0.3 is 52.8 Å². The van der Waals surface area contributed by atoms with E-state index in [4.69, 9.17) is 220 Å². The largest absolute Gasteiger partial charge is 0.500 e. The second kappa shape index (κ2) is 77.5. The smallest absolute Gasteiger partial charge is 0.374 e. The van der Waals surface area contributed by atoms with Gasteiger partial charge in [-0.05, 0) is 318 Å². The van der Waals surface area contributed by atoms with E-state index >= 15 is 0 Å². The van der Waals surface area contributed by atoms with Gasteiger partial charge in [0, 0.05) is 179 Å². The molecule has 0 aliphatic carbocycles. The lowest BCUT2D eigenvalue weighted by Gasteiger charge is -2.52. The minimum atomic E-state index is -3.38. The minimum absolute atomic E-state index is 0.237. The molecular weight excluding hydrogens is 2240 g/mol. The molecule has 0 aromatic carbocycles. The quantitative estimate of drug-likeness (QED) is 0.00914. The molecule has 18 nitrogen and oxygen atoms in total. The van der Waals surface area contributed by atoms with Crippen LogP contribution in [0, 0.1) is 23.7 Å². The maximum Gasteiger partial charge on any atom is 0.500 e. The average molecular weight is 2420 g/mol. The lowest BCUT2D eigenvalue weighted by atomic mass is 9.91. The van der Waals surface area contributed by atoms with Crippen molar-refractivity contribution in [3.05, 3.63) is 30.1 Å². The van der Waals surface area contributed by atoms with Crippen LogP contribution in [-0.2, 0) is 79.7 Å². The van der Waals surface area contributed by atoms with Gasteiger partial charge in [-0.3, -0.25) is 0 Å². The van der Waals surface area contributed by atoms with E-state index in [1.165, 1.54) is 100 Å². The van der Waals surface area contributed by atoms with Crippen LogP contribution in [0.15, 0.2) is 30.1 Å². The van der Waals surface area contributed by atoms with Crippen molar-refractivity contribution in [2.45, 2.75) is 330 Å². The number of rotatable bonds is 91. The third-order valence-corrected chi connectivity index (χ3v) is 99.2. The normalized spacial score (nSPS) is 18.6. The monoisotopic (exact) mass is 2420 g/mol. The van der Waals surface area contributed by atoms with Gasteiger partial charge in [0.1, 0.15) is 0 Å². The highest BCUT2D eigenvalue weighted by Gasteiger charge is 2.53. The Hall–Kier alpha value is 8.20. The molecule has 0 aliphatic heterocycles. The lowest BCUT2D eigenvalue weighted by Crippen LogP contribution is -2.46. The SMILES string of the molecule is CCO[Si](CCCS(S)(SS)C(=C(C)C(CCC(C)CCCCC(C)CCCC(C)CCCC(C)C)S(S)(CCC[Si](OCC)(OCC)OCC)SS)C(=C(C(C)=C(S(S)(CCC[Si](OCC)(OCC)OCC)SS)S(S)(CCC[Si](OCC)(OCC)OCC)SS)S(S)(CCC[Si](OCC)(OCC)OCC)SS)S(S)(CCC[Si](OCC)(OCC)OCC)SS)(OCC)OCC. The molecular formula is C84H188O18S24Si6. The molecule has 0 N–H and O–H groups in total. The van der Waals surface area contributed by atoms with Crippen molar-refractivity contribution in [2.24, 2.45) is 23.7 Å². The van der Waals surface area contributed by atoms with Gasteiger partial charge < -0.3 is 79.7 Å². The molecule has 0 bridgehead atoms. The molecule has 0 heterocycles. The highest BCUT2D eigenvalue weighted by atomic mass is 33.8. The van der Waals surface area contributed by atoms with Crippen LogP contribution in [0.1, 0.15) is 289 Å². The second-order valence-corrected chi connectivity index (χ2v) is 99.8. The molecule has 0 saturated carbocycles. The van der Waals surface area contributed by atoms with Crippen molar-refractivity contribution in [3.63, 3.8) is 0 Å². The molecule has 0 amide bonds. The maximum atomic E-state index is 6.82. The highest BCUT2D eigenvalue weighted by Crippen LogP contribution is 2.92. The van der Waals surface area contributed by atoms with Crippen molar-refractivity contribution in [1.29, 1.82) is 0 Å². The Labute approximate surface area is 906 Å². The predicted molar refractivity (Wildman–Crippen MR) is 662 cm³/mol. The molecule has 132 heavy (non-hydrogen) atoms. The molecule has 0 aromatic rings. The predicted octanol–water partition coefficient (Wildman–Crippen LogP) is 33.8. The summed E-state index contributed by atoms with van der Waals surface area (Å²) in [4.78, 5) is 3.01. The Balaban J connectivity index is 12.2. The summed E-state index contributed by atoms with van der Waals surface area (Å²) in [7, 11) is -26.5. The van der Waals surface area contributed by atoms with Crippen LogP contribution >= 0.6 is 247 Å². The lowest BCUT2D eigenvalue weighted by molar-refractivity contribution is 0.0704. The van der Waals surface area contributed by atoms with Crippen LogP contribution in [-0.4, -0.2) is 212 Å². The minimum Gasteiger partial charge on any atom is -0.374 e. The number of hydrogen-bond acceptors (Lipinski definition) is 36. The molecule has 800 valence electrons. The van der Waals surface area contributed by atoms with E-state index in [9.17, 15) is 0 Å². The summed E-state index contributed by atoms with van der Waals surface area (Å²) in [6.07, 6.45) is 17.8. The van der Waals surface area contributed by atoms with Crippen LogP contribution in [0.2, 0.25) is 36.3 Å². The fourth-order valence-electron chi connectivity index (χ4n) is 16.7. The summed E-state index contributed by atoms with van der Waals surface area (Å²) in [5, 5.41) is -0.237. The van der Waals surface area contributed by atoms with Crippen LogP contribution in [0.25, 0.3) is 0 Å². The third-order valence-electron chi connectivity index (χ3n) is 22.1. The van der Waals surface area contributed by atoms with E-state index in [1.807, 2.05) is 125 Å². The first-order valence-electron chi connectivity index (χ1n) is 48.6. The number of allylic oxidation sites excluding steroid dienone is 1. The summed E-state index contributed by atoms with van der Waals surface area (Å²) in [6, 6.07) is 3.13. The maximum absolute atomic E-state index is 6.82. The molecule has 48 heteroatoms. The Morgan fingerprint density at radius 3 is 0.667 bits per heavy atom. The summed E-state index contributed by atoms with van der Waals surface area (Å²) < 4.78 is 122. The van der Waals surface area contributed by atoms with E-state index in [0.717, 1.165) is 67.6 Å². The standard InChI is InChI=1S/C84H188O18S24Si6/c1-26-85-127(86-27-2,87-28-3)68-48-62-121(109,115-103)80(61-60-77(23)56-45-44-55-75(21)58-47-59-76(22)57-46-54-74(19)20)78(24)81(122(110,116-104)63-49-69-128(88-29-4,89-30-5)90-31-6)83(124(112,118-106)65-51-71-130(94-35-10,95-36-11)96-37-12)82(123(111,117-105)64-50-70-129(91-32-7,92-33-8)93-34-9)79(25)84(125(113,119-107)66-52-72-131(97-38-13,98-39-14)99-40-15)126(114,120-108)67-53-73-132(100-41-16,101-42-17)102-43-18/h74-77,80,103-114H,26-73H2,1-25H3. The van der Waals surface area contributed by atoms with Gasteiger partial charge in [0.05, 0.1) is 0 Å². The van der Waals surface area contributed by atoms with Crippen LogP contribution in [0.3, 0.4) is 0 Å². The summed E-state index contributed by atoms with van der Waals surface area (Å²) in [5.74, 6) is 5.82. The van der Waals surface area contributed by atoms with Crippen molar-refractivity contribution in [3.8, 4) is 0 Å². The summed E-state index contributed by atoms with van der Waals surface area (Å²) in [6.45, 7) is 60.6. The average Bonchev–Trinajstić information content (AvgIpc) is 0.718. The zero-order valence-corrected chi connectivity index (χ0v) is 112. The Morgan fingerprint density at radius 2 is 0.439 bits per heavy atom. The van der Waals surface area contributed by atoms with Crippen molar-refractivity contribution in [2.75, 3.05) is 153 Å². The Bertz CT molecular complexity index is 2920. The van der Waals surface area contributed by atoms with Gasteiger partial charge in [-0.1, -0.05) is 98.8 Å². The molecule has 0 fully saturated rings. The van der Waals surface area contributed by atoms with Gasteiger partial charge in [0.15, 0.2) is 0 Å². The molecule has 0 spiro atoms. The van der Waals surface area contributed by atoms with E-state index < -0.39 is 101 Å². The first kappa shape index (κ1) is 140. The third kappa shape index (κ3) is 49.1. The summed E-state index contributed by atoms with van der Waals surface area (Å²) in [5.41, 5.74) is 2.08. The zero-order valence-electron chi connectivity index (χ0n) is 85.4. The van der Waals surface area contributed by atoms with E-state index in [-0.39, 0.29) is 5.25 Å². The number of thiol groups is 12. The molecule has 10 unspecified atom stereocenters. The summed E-state index contributed by atoms with van der Waals surface area (Å²) >= 11 is 72.8. The van der Waals surface area contributed by atoms with Gasteiger partial charge in [-0.15, -0.1) is 188 Å². The zero-order chi connectivity index (χ0) is 100. The van der Waals surface area contributed by atoms with Crippen LogP contribution in [0.5, 0.6) is 0 Å². The molecule has 0 saturated heterocycles. The molecule has 0 radical (unpaired) electrons. The molecule has 0 aromatic heterocycles. The number of hydrogen-bond donors (Lipinski definition) is 12. The van der Waals surface area contributed by atoms with Gasteiger partial charge in [-0.25, -0.2) is 0 Å². The Kier molecular flexibility index (Phi) is 82.3. The first-order chi connectivity index (χ1) is 62.7. The molecule has 0 rings (SSSR count). The fraction of sp³-hybridized carbons (Fsp3) is 0.929. The van der Waals surface area contributed by atoms with Crippen LogP contribution in [0.4, 0.5) is 0 Å². The highest BCUT2D eigenvalue weighted by molar-refractivity contribution is 9.43. The van der Waals surface area contributed by atoms with E-state index in [1.54, 1.807) is 9.83 Å². The molecule has 0 aliphatic rings. The first-order valence-corrected chi connectivity index (χ1v) is 91.7. The van der Waals surface area contributed by atoms with Gasteiger partial charge in [0.25, 0.3) is 0 Å². The van der Waals surface area contributed by atoms with Crippen LogP contribution < -0.4 is 0 Å². The molecule has 10 atom stereocenters. The topological polar surface area (TPSA) is 166 Å². The fourth-order valence-corrected chi connectivity index (χ4v) is 80.0. The Morgan fingerprint density at radius 1 is 0.235 bits per heavy atom. The van der Waals surface area contributed by atoms with Gasteiger partial charge in [-0.2, -0.15) is 0 Å². The van der Waals surface area contributed by atoms with E-state index in [0.29, 0.717) is 240 Å². The van der Waals surface area contributed by atoms with Crippen molar-refractivity contribution >= 4 is 300 Å².